The molecule has 2 atom stereocenters. The number of nitrogens with two attached hydrogens (primary N) is 1. The molecule has 0 aliphatic carbocycles. The largest absolute Gasteiger partial charge is 0.369 e. The summed E-state index contributed by atoms with van der Waals surface area (Å²) in [6, 6.07) is 7.72. The number of aromatic nitrogens is 2. The second-order valence-electron chi connectivity index (χ2n) is 6.12. The molecule has 3 rings (SSSR count). The molecule has 2 aromatic rings. The van der Waals surface area contributed by atoms with E-state index in [1.165, 1.54) is 0 Å². The van der Waals surface area contributed by atoms with E-state index in [2.05, 4.69) is 5.10 Å². The first kappa shape index (κ1) is 15.0. The summed E-state index contributed by atoms with van der Waals surface area (Å²) in [5.41, 5.74) is 6.90. The van der Waals surface area contributed by atoms with Crippen molar-refractivity contribution < 1.29 is 9.18 Å². The summed E-state index contributed by atoms with van der Waals surface area (Å²) >= 11 is 0. The lowest BCUT2D eigenvalue weighted by Gasteiger charge is -2.32. The predicted molar refractivity (Wildman–Crippen MR) is 83.1 cm³/mol. The van der Waals surface area contributed by atoms with Gasteiger partial charge >= 0.3 is 0 Å². The summed E-state index contributed by atoms with van der Waals surface area (Å²) < 4.78 is 16.1. The first-order valence-corrected chi connectivity index (χ1v) is 7.60. The van der Waals surface area contributed by atoms with Gasteiger partial charge in [-0.05, 0) is 26.1 Å². The van der Waals surface area contributed by atoms with Gasteiger partial charge in [0, 0.05) is 24.4 Å². The highest BCUT2D eigenvalue weighted by molar-refractivity contribution is 5.87. The zero-order valence-corrected chi connectivity index (χ0v) is 12.7. The zero-order chi connectivity index (χ0) is 15.7. The number of carbonyl (C=O) groups excluding carboxylic acids is 1. The molecule has 6 heteroatoms. The van der Waals surface area contributed by atoms with Gasteiger partial charge < -0.3 is 10.6 Å². The quantitative estimate of drug-likeness (QED) is 0.927. The van der Waals surface area contributed by atoms with Crippen molar-refractivity contribution in [2.75, 3.05) is 20.1 Å². The van der Waals surface area contributed by atoms with Crippen molar-refractivity contribution >= 4 is 16.8 Å². The number of likely N-dealkylation sites (tertiary alicyclic amines) is 1. The second-order valence-corrected chi connectivity index (χ2v) is 6.12. The maximum atomic E-state index is 14.2. The Morgan fingerprint density at radius 2 is 2.23 bits per heavy atom. The smallest absolute Gasteiger partial charge is 0.223 e. The third kappa shape index (κ3) is 2.97. The average molecular weight is 304 g/mol. The van der Waals surface area contributed by atoms with Gasteiger partial charge in [-0.15, -0.1) is 0 Å². The van der Waals surface area contributed by atoms with Crippen molar-refractivity contribution in [2.45, 2.75) is 25.6 Å². The van der Waals surface area contributed by atoms with Crippen LogP contribution in [0.3, 0.4) is 0 Å². The van der Waals surface area contributed by atoms with Gasteiger partial charge in [0.1, 0.15) is 6.17 Å². The summed E-state index contributed by atoms with van der Waals surface area (Å²) in [4.78, 5) is 13.2. The minimum Gasteiger partial charge on any atom is -0.369 e. The van der Waals surface area contributed by atoms with Gasteiger partial charge in [0.25, 0.3) is 0 Å². The molecule has 118 valence electrons. The summed E-state index contributed by atoms with van der Waals surface area (Å²) in [7, 11) is 1.94. The maximum absolute atomic E-state index is 14.2. The SMILES string of the molecule is CN1CCC(Cn2nc(CC(N)=O)c3ccccc32)C(F)C1. The minimum absolute atomic E-state index is 0.0408. The highest BCUT2D eigenvalue weighted by Gasteiger charge is 2.28. The van der Waals surface area contributed by atoms with Crippen molar-refractivity contribution in [3.8, 4) is 0 Å². The topological polar surface area (TPSA) is 64.2 Å². The predicted octanol–water partition coefficient (Wildman–Crippen LogP) is 1.35. The van der Waals surface area contributed by atoms with E-state index in [4.69, 9.17) is 5.73 Å². The standard InChI is InChI=1S/C16H21FN4O/c1-20-7-6-11(13(17)10-20)9-21-15-5-3-2-4-12(15)14(19-21)8-16(18)22/h2-5,11,13H,6-10H2,1H3,(H2,18,22). The molecule has 1 saturated heterocycles. The fourth-order valence-corrected chi connectivity index (χ4v) is 3.16. The summed E-state index contributed by atoms with van der Waals surface area (Å²) in [5.74, 6) is -0.445. The van der Waals surface area contributed by atoms with Crippen molar-refractivity contribution in [2.24, 2.45) is 11.7 Å². The van der Waals surface area contributed by atoms with E-state index < -0.39 is 12.1 Å². The van der Waals surface area contributed by atoms with Crippen LogP contribution in [0.5, 0.6) is 0 Å². The number of carbonyl (C=O) groups is 1. The summed E-state index contributed by atoms with van der Waals surface area (Å²) in [6.07, 6.45) is 0.0815. The highest BCUT2D eigenvalue weighted by atomic mass is 19.1. The number of halogens is 1. The Labute approximate surface area is 128 Å². The van der Waals surface area contributed by atoms with E-state index >= 15 is 0 Å². The van der Waals surface area contributed by atoms with Crippen molar-refractivity contribution in [3.63, 3.8) is 0 Å². The van der Waals surface area contributed by atoms with Crippen LogP contribution in [0.25, 0.3) is 10.9 Å². The van der Waals surface area contributed by atoms with E-state index in [0.717, 1.165) is 23.9 Å². The van der Waals surface area contributed by atoms with E-state index in [9.17, 15) is 9.18 Å². The highest BCUT2D eigenvalue weighted by Crippen LogP contribution is 2.25. The molecule has 0 spiro atoms. The Hall–Kier alpha value is -1.95. The Morgan fingerprint density at radius 3 is 2.95 bits per heavy atom. The van der Waals surface area contributed by atoms with Crippen LogP contribution in [0.2, 0.25) is 0 Å². The molecular formula is C16H21FN4O. The Morgan fingerprint density at radius 1 is 1.45 bits per heavy atom. The van der Waals surface area contributed by atoms with Crippen molar-refractivity contribution in [1.29, 1.82) is 0 Å². The third-order valence-electron chi connectivity index (χ3n) is 4.36. The molecule has 5 nitrogen and oxygen atoms in total. The van der Waals surface area contributed by atoms with Crippen molar-refractivity contribution in [3.05, 3.63) is 30.0 Å². The molecule has 2 unspecified atom stereocenters. The van der Waals surface area contributed by atoms with Crippen LogP contribution in [0.15, 0.2) is 24.3 Å². The second kappa shape index (κ2) is 6.04. The molecule has 0 radical (unpaired) electrons. The van der Waals surface area contributed by atoms with E-state index in [0.29, 0.717) is 18.8 Å². The maximum Gasteiger partial charge on any atom is 0.223 e. The molecule has 2 N–H and O–H groups in total. The van der Waals surface area contributed by atoms with Crippen LogP contribution in [0.4, 0.5) is 4.39 Å². The summed E-state index contributed by atoms with van der Waals surface area (Å²) in [6.45, 7) is 1.91. The number of nitrogens with zero attached hydrogens (tertiary/aromatic N) is 3. The lowest BCUT2D eigenvalue weighted by molar-refractivity contribution is -0.117. The fraction of sp³-hybridized carbons (Fsp3) is 0.500. The number of rotatable bonds is 4. The molecular weight excluding hydrogens is 283 g/mol. The third-order valence-corrected chi connectivity index (χ3v) is 4.36. The number of alkyl halides is 1. The van der Waals surface area contributed by atoms with Crippen molar-refractivity contribution in [1.82, 2.24) is 14.7 Å². The van der Waals surface area contributed by atoms with Crippen LogP contribution in [0.1, 0.15) is 12.1 Å². The monoisotopic (exact) mass is 304 g/mol. The fourth-order valence-electron chi connectivity index (χ4n) is 3.16. The molecule has 22 heavy (non-hydrogen) atoms. The van der Waals surface area contributed by atoms with Crippen LogP contribution >= 0.6 is 0 Å². The van der Waals surface area contributed by atoms with E-state index in [1.807, 2.05) is 40.9 Å². The molecule has 1 aliphatic rings. The number of fused-ring (bicyclic) bond motifs is 1. The number of primary amides is 1. The van der Waals surface area contributed by atoms with Crippen LogP contribution < -0.4 is 5.73 Å². The first-order valence-electron chi connectivity index (χ1n) is 7.60. The Bertz CT molecular complexity index is 684. The van der Waals surface area contributed by atoms with Gasteiger partial charge in [-0.1, -0.05) is 18.2 Å². The molecule has 1 aromatic carbocycles. The lowest BCUT2D eigenvalue weighted by Crippen LogP contribution is -2.41. The van der Waals surface area contributed by atoms with Gasteiger partial charge in [-0.2, -0.15) is 5.10 Å². The number of hydrogen-bond donors (Lipinski definition) is 1. The molecule has 1 aromatic heterocycles. The van der Waals surface area contributed by atoms with Crippen LogP contribution in [0, 0.1) is 5.92 Å². The first-order chi connectivity index (χ1) is 10.5. The number of piperidine rings is 1. The van der Waals surface area contributed by atoms with E-state index in [1.54, 1.807) is 0 Å². The van der Waals surface area contributed by atoms with Gasteiger partial charge in [0.05, 0.1) is 17.6 Å². The Balaban J connectivity index is 1.89. The Kier molecular flexibility index (Phi) is 4.11. The van der Waals surface area contributed by atoms with Gasteiger partial charge in [-0.25, -0.2) is 4.39 Å². The van der Waals surface area contributed by atoms with Gasteiger partial charge in [0.15, 0.2) is 0 Å². The molecule has 1 amide bonds. The number of benzene rings is 1. The lowest BCUT2D eigenvalue weighted by atomic mass is 9.95. The zero-order valence-electron chi connectivity index (χ0n) is 12.7. The molecule has 2 heterocycles. The van der Waals surface area contributed by atoms with Gasteiger partial charge in [0.2, 0.25) is 5.91 Å². The van der Waals surface area contributed by atoms with Gasteiger partial charge in [-0.3, -0.25) is 9.48 Å². The summed E-state index contributed by atoms with van der Waals surface area (Å²) in [5, 5.41) is 5.43. The number of hydrogen-bond acceptors (Lipinski definition) is 3. The molecule has 1 aliphatic heterocycles. The number of para-hydroxylation sites is 1. The van der Waals surface area contributed by atoms with E-state index in [-0.39, 0.29) is 12.3 Å². The normalized spacial score (nSPS) is 23.0. The average Bonchev–Trinajstić information content (AvgIpc) is 2.80. The molecule has 0 saturated carbocycles. The molecule has 0 bridgehead atoms. The molecule has 1 fully saturated rings. The van der Waals surface area contributed by atoms with Crippen LogP contribution in [-0.2, 0) is 17.8 Å². The number of amides is 1. The van der Waals surface area contributed by atoms with Crippen LogP contribution in [-0.4, -0.2) is 46.9 Å². The minimum atomic E-state index is -0.846.